The lowest BCUT2D eigenvalue weighted by Crippen LogP contribution is -2.41. The average Bonchev–Trinajstić information content (AvgIpc) is 2.54. The van der Waals surface area contributed by atoms with Crippen molar-refractivity contribution in [2.75, 3.05) is 0 Å². The maximum absolute atomic E-state index is 5.94. The van der Waals surface area contributed by atoms with E-state index in [-0.39, 0.29) is 18.3 Å². The van der Waals surface area contributed by atoms with Gasteiger partial charge in [-0.25, -0.2) is 0 Å². The van der Waals surface area contributed by atoms with Crippen LogP contribution in [0.4, 0.5) is 0 Å². The SMILES string of the molecule is Cn1ncc(B2OC(C)(C)C(C)(C)O2)c1Br. The molecule has 0 aliphatic carbocycles. The molecule has 0 amide bonds. The van der Waals surface area contributed by atoms with Crippen LogP contribution in [-0.4, -0.2) is 28.1 Å². The summed E-state index contributed by atoms with van der Waals surface area (Å²) < 4.78 is 14.5. The number of aromatic nitrogens is 2. The van der Waals surface area contributed by atoms with E-state index in [1.807, 2.05) is 34.7 Å². The summed E-state index contributed by atoms with van der Waals surface area (Å²) in [5.74, 6) is 0. The largest absolute Gasteiger partial charge is 0.499 e. The van der Waals surface area contributed by atoms with Crippen LogP contribution >= 0.6 is 15.9 Å². The minimum absolute atomic E-state index is 0.313. The van der Waals surface area contributed by atoms with Crippen molar-refractivity contribution in [2.24, 2.45) is 7.05 Å². The molecule has 1 aromatic rings. The van der Waals surface area contributed by atoms with E-state index in [1.165, 1.54) is 0 Å². The minimum atomic E-state index is -0.354. The number of hydrogen-bond donors (Lipinski definition) is 0. The van der Waals surface area contributed by atoms with E-state index >= 15 is 0 Å². The molecular weight excluding hydrogens is 271 g/mol. The van der Waals surface area contributed by atoms with Crippen LogP contribution in [0.5, 0.6) is 0 Å². The molecule has 1 aliphatic heterocycles. The van der Waals surface area contributed by atoms with Crippen molar-refractivity contribution in [1.29, 1.82) is 0 Å². The first-order chi connectivity index (χ1) is 7.24. The third-order valence-corrected chi connectivity index (χ3v) is 4.37. The molecule has 1 saturated heterocycles. The van der Waals surface area contributed by atoms with Gasteiger partial charge in [0.1, 0.15) is 4.60 Å². The highest BCUT2D eigenvalue weighted by atomic mass is 79.9. The highest BCUT2D eigenvalue weighted by Gasteiger charge is 2.52. The minimum Gasteiger partial charge on any atom is -0.399 e. The Balaban J connectivity index is 2.30. The van der Waals surface area contributed by atoms with E-state index in [0.717, 1.165) is 10.1 Å². The maximum Gasteiger partial charge on any atom is 0.499 e. The van der Waals surface area contributed by atoms with E-state index < -0.39 is 0 Å². The second kappa shape index (κ2) is 3.58. The van der Waals surface area contributed by atoms with Gasteiger partial charge >= 0.3 is 7.12 Å². The molecule has 0 unspecified atom stereocenters. The van der Waals surface area contributed by atoms with Crippen LogP contribution in [-0.2, 0) is 16.4 Å². The summed E-state index contributed by atoms with van der Waals surface area (Å²) in [5, 5.41) is 4.17. The lowest BCUT2D eigenvalue weighted by atomic mass is 9.82. The highest BCUT2D eigenvalue weighted by Crippen LogP contribution is 2.36. The first-order valence-electron chi connectivity index (χ1n) is 5.28. The number of nitrogens with zero attached hydrogens (tertiary/aromatic N) is 2. The summed E-state index contributed by atoms with van der Waals surface area (Å²) in [6, 6.07) is 0. The van der Waals surface area contributed by atoms with Crippen LogP contribution < -0.4 is 5.46 Å². The average molecular weight is 287 g/mol. The van der Waals surface area contributed by atoms with E-state index in [9.17, 15) is 0 Å². The molecule has 0 spiro atoms. The van der Waals surface area contributed by atoms with Gasteiger partial charge in [0.25, 0.3) is 0 Å². The first kappa shape index (κ1) is 12.1. The Hall–Kier alpha value is -0.325. The topological polar surface area (TPSA) is 36.3 Å². The van der Waals surface area contributed by atoms with Crippen molar-refractivity contribution in [3.05, 3.63) is 10.8 Å². The van der Waals surface area contributed by atoms with Crippen LogP contribution in [0, 0.1) is 0 Å². The van der Waals surface area contributed by atoms with Gasteiger partial charge in [-0.15, -0.1) is 0 Å². The van der Waals surface area contributed by atoms with Gasteiger partial charge in [0, 0.05) is 18.7 Å². The zero-order valence-corrected chi connectivity index (χ0v) is 11.8. The fourth-order valence-electron chi connectivity index (χ4n) is 1.57. The molecule has 0 bridgehead atoms. The van der Waals surface area contributed by atoms with Crippen LogP contribution in [0.2, 0.25) is 0 Å². The van der Waals surface area contributed by atoms with Gasteiger partial charge in [0.15, 0.2) is 0 Å². The van der Waals surface area contributed by atoms with E-state index in [0.29, 0.717) is 0 Å². The highest BCUT2D eigenvalue weighted by molar-refractivity contribution is 9.10. The summed E-state index contributed by atoms with van der Waals surface area (Å²) in [4.78, 5) is 0. The molecule has 4 nitrogen and oxygen atoms in total. The van der Waals surface area contributed by atoms with Crippen LogP contribution in [0.15, 0.2) is 10.8 Å². The summed E-state index contributed by atoms with van der Waals surface area (Å²) >= 11 is 3.48. The fourth-order valence-corrected chi connectivity index (χ4v) is 1.95. The van der Waals surface area contributed by atoms with Crippen LogP contribution in [0.25, 0.3) is 0 Å². The molecule has 1 aromatic heterocycles. The fraction of sp³-hybridized carbons (Fsp3) is 0.700. The number of hydrogen-bond acceptors (Lipinski definition) is 3. The van der Waals surface area contributed by atoms with Crippen molar-refractivity contribution >= 4 is 28.5 Å². The Morgan fingerprint density at radius 2 is 1.75 bits per heavy atom. The van der Waals surface area contributed by atoms with E-state index in [4.69, 9.17) is 9.31 Å². The van der Waals surface area contributed by atoms with Crippen molar-refractivity contribution in [3.63, 3.8) is 0 Å². The normalized spacial score (nSPS) is 22.8. The van der Waals surface area contributed by atoms with Crippen molar-refractivity contribution in [2.45, 2.75) is 38.9 Å². The molecule has 0 aromatic carbocycles. The Labute approximate surface area is 105 Å². The molecule has 16 heavy (non-hydrogen) atoms. The number of rotatable bonds is 1. The number of aryl methyl sites for hydroxylation is 1. The Bertz CT molecular complexity index is 401. The van der Waals surface area contributed by atoms with E-state index in [1.54, 1.807) is 10.9 Å². The van der Waals surface area contributed by atoms with E-state index in [2.05, 4.69) is 21.0 Å². The molecule has 2 heterocycles. The van der Waals surface area contributed by atoms with Gasteiger partial charge in [-0.05, 0) is 43.6 Å². The molecule has 0 saturated carbocycles. The van der Waals surface area contributed by atoms with Crippen molar-refractivity contribution in [1.82, 2.24) is 9.78 Å². The second-order valence-electron chi connectivity index (χ2n) is 5.10. The number of halogens is 1. The third-order valence-electron chi connectivity index (χ3n) is 3.40. The molecule has 1 fully saturated rings. The lowest BCUT2D eigenvalue weighted by Gasteiger charge is -2.32. The molecule has 2 rings (SSSR count). The van der Waals surface area contributed by atoms with Gasteiger partial charge in [-0.3, -0.25) is 4.68 Å². The summed E-state index contributed by atoms with van der Waals surface area (Å²) in [5.41, 5.74) is 0.307. The van der Waals surface area contributed by atoms with Gasteiger partial charge in [-0.2, -0.15) is 5.10 Å². The molecule has 6 heteroatoms. The van der Waals surface area contributed by atoms with Crippen LogP contribution in [0.1, 0.15) is 27.7 Å². The first-order valence-corrected chi connectivity index (χ1v) is 6.07. The molecule has 1 aliphatic rings. The smallest absolute Gasteiger partial charge is 0.399 e. The molecule has 0 radical (unpaired) electrons. The second-order valence-corrected chi connectivity index (χ2v) is 5.85. The molecule has 0 N–H and O–H groups in total. The zero-order chi connectivity index (χ0) is 12.1. The molecule has 0 atom stereocenters. The van der Waals surface area contributed by atoms with Gasteiger partial charge in [0.2, 0.25) is 0 Å². The Kier molecular flexibility index (Phi) is 2.72. The van der Waals surface area contributed by atoms with Crippen molar-refractivity contribution in [3.8, 4) is 0 Å². The standard InChI is InChI=1S/C10H16BBrN2O2/c1-9(2)10(3,4)16-11(15-9)7-6-13-14(5)8(7)12/h6H,1-5H3. The monoisotopic (exact) mass is 286 g/mol. The summed E-state index contributed by atoms with van der Waals surface area (Å²) in [7, 11) is 1.52. The zero-order valence-electron chi connectivity index (χ0n) is 10.2. The Morgan fingerprint density at radius 3 is 2.12 bits per heavy atom. The quantitative estimate of drug-likeness (QED) is 0.734. The predicted molar refractivity (Wildman–Crippen MR) is 66.6 cm³/mol. The Morgan fingerprint density at radius 1 is 1.25 bits per heavy atom. The van der Waals surface area contributed by atoms with Crippen molar-refractivity contribution < 1.29 is 9.31 Å². The summed E-state index contributed by atoms with van der Waals surface area (Å²) in [6.07, 6.45) is 1.77. The molecular formula is C10H16BBrN2O2. The van der Waals surface area contributed by atoms with Gasteiger partial charge < -0.3 is 9.31 Å². The third kappa shape index (κ3) is 1.73. The lowest BCUT2D eigenvalue weighted by molar-refractivity contribution is 0.00578. The summed E-state index contributed by atoms with van der Waals surface area (Å²) in [6.45, 7) is 8.16. The van der Waals surface area contributed by atoms with Gasteiger partial charge in [-0.1, -0.05) is 0 Å². The van der Waals surface area contributed by atoms with Crippen LogP contribution in [0.3, 0.4) is 0 Å². The predicted octanol–water partition coefficient (Wildman–Crippen LogP) is 1.48. The van der Waals surface area contributed by atoms with Gasteiger partial charge in [0.05, 0.1) is 11.2 Å². The molecule has 88 valence electrons. The maximum atomic E-state index is 5.94.